The minimum Gasteiger partial charge on any atom is -0.0614 e. The third-order valence-corrected chi connectivity index (χ3v) is 8.46. The number of hydrogen-bond donors (Lipinski definition) is 0. The predicted molar refractivity (Wildman–Crippen MR) is 103 cm³/mol. The summed E-state index contributed by atoms with van der Waals surface area (Å²) >= 11 is 0. The molecular weight excluding hydrogens is 264 g/mol. The molecule has 2 atom stereocenters. The summed E-state index contributed by atoms with van der Waals surface area (Å²) in [6.07, 6.45) is 0. The summed E-state index contributed by atoms with van der Waals surface area (Å²) in [5, 5.41) is 0. The fourth-order valence-corrected chi connectivity index (χ4v) is 4.58. The second-order valence-electron chi connectivity index (χ2n) is 12.0. The van der Waals surface area contributed by atoms with Crippen LogP contribution >= 0.6 is 0 Å². The molecule has 0 aliphatic carbocycles. The lowest BCUT2D eigenvalue weighted by atomic mass is 9.38. The topological polar surface area (TPSA) is 0 Å². The Morgan fingerprint density at radius 3 is 0.955 bits per heavy atom. The van der Waals surface area contributed by atoms with E-state index >= 15 is 0 Å². The Bertz CT molecular complexity index is 376. The molecule has 0 heteroatoms. The van der Waals surface area contributed by atoms with Gasteiger partial charge in [-0.15, -0.1) is 0 Å². The van der Waals surface area contributed by atoms with Gasteiger partial charge in [0.15, 0.2) is 0 Å². The first-order valence-corrected chi connectivity index (χ1v) is 9.15. The van der Waals surface area contributed by atoms with E-state index in [1.54, 1.807) is 0 Å². The molecular formula is C22H46. The Hall–Kier alpha value is 0. The fourth-order valence-electron chi connectivity index (χ4n) is 4.58. The maximum absolute atomic E-state index is 2.55. The van der Waals surface area contributed by atoms with Gasteiger partial charge >= 0.3 is 0 Å². The van der Waals surface area contributed by atoms with Crippen LogP contribution in [0.15, 0.2) is 0 Å². The monoisotopic (exact) mass is 310 g/mol. The summed E-state index contributed by atoms with van der Waals surface area (Å²) in [5.74, 6) is 0.622. The van der Waals surface area contributed by atoms with Gasteiger partial charge in [-0.25, -0.2) is 0 Å². The van der Waals surface area contributed by atoms with Gasteiger partial charge in [0.1, 0.15) is 0 Å². The van der Waals surface area contributed by atoms with Crippen LogP contribution in [-0.2, 0) is 0 Å². The molecule has 0 radical (unpaired) electrons. The molecule has 0 heterocycles. The van der Waals surface area contributed by atoms with Crippen molar-refractivity contribution < 1.29 is 0 Å². The molecule has 22 heavy (non-hydrogen) atoms. The van der Waals surface area contributed by atoms with Gasteiger partial charge in [0.2, 0.25) is 0 Å². The van der Waals surface area contributed by atoms with Crippen molar-refractivity contribution in [1.29, 1.82) is 0 Å². The molecule has 134 valence electrons. The van der Waals surface area contributed by atoms with E-state index in [-0.39, 0.29) is 27.1 Å². The van der Waals surface area contributed by atoms with Gasteiger partial charge in [0.05, 0.1) is 0 Å². The van der Waals surface area contributed by atoms with Gasteiger partial charge in [-0.1, -0.05) is 104 Å². The van der Waals surface area contributed by atoms with Crippen LogP contribution in [0.2, 0.25) is 0 Å². The van der Waals surface area contributed by atoms with Crippen LogP contribution in [0.1, 0.15) is 104 Å². The summed E-state index contributed by atoms with van der Waals surface area (Å²) in [7, 11) is 0. The molecule has 0 N–H and O–H groups in total. The van der Waals surface area contributed by atoms with Crippen molar-refractivity contribution in [1.82, 2.24) is 0 Å². The summed E-state index contributed by atoms with van der Waals surface area (Å²) in [6.45, 7) is 36.8. The quantitative estimate of drug-likeness (QED) is 0.498. The zero-order valence-corrected chi connectivity index (χ0v) is 18.6. The molecule has 0 spiro atoms. The highest BCUT2D eigenvalue weighted by atomic mass is 14.7. The molecule has 0 saturated carbocycles. The van der Waals surface area contributed by atoms with Crippen LogP contribution in [0.5, 0.6) is 0 Å². The van der Waals surface area contributed by atoms with Crippen LogP contribution in [0.25, 0.3) is 0 Å². The molecule has 0 nitrogen and oxygen atoms in total. The van der Waals surface area contributed by atoms with Gasteiger partial charge in [0, 0.05) is 0 Å². The third-order valence-electron chi connectivity index (χ3n) is 8.46. The van der Waals surface area contributed by atoms with E-state index < -0.39 is 0 Å². The lowest BCUT2D eigenvalue weighted by Crippen LogP contribution is -2.60. The van der Waals surface area contributed by atoms with E-state index in [0.29, 0.717) is 11.3 Å². The van der Waals surface area contributed by atoms with Crippen molar-refractivity contribution in [2.45, 2.75) is 104 Å². The zero-order valence-electron chi connectivity index (χ0n) is 18.6. The smallest absolute Gasteiger partial charge is 0.0190 e. The minimum absolute atomic E-state index is 0.198. The summed E-state index contributed by atoms with van der Waals surface area (Å²) in [5.41, 5.74) is 1.44. The normalized spacial score (nSPS) is 19.8. The maximum atomic E-state index is 2.55. The van der Waals surface area contributed by atoms with E-state index in [1.807, 2.05) is 0 Å². The Kier molecular flexibility index (Phi) is 5.52. The zero-order chi connectivity index (χ0) is 18.6. The molecule has 0 aromatic rings. The lowest BCUT2D eigenvalue weighted by Gasteiger charge is -2.67. The SMILES string of the molecule is CC(C(C)(C)C)C(C)(C(C)(C)C)C(C)(C)C(C)(C)C(C)(C)C. The second kappa shape index (κ2) is 5.52. The van der Waals surface area contributed by atoms with Crippen LogP contribution < -0.4 is 0 Å². The molecule has 0 aromatic heterocycles. The van der Waals surface area contributed by atoms with Crippen molar-refractivity contribution in [2.75, 3.05) is 0 Å². The standard InChI is InChI=1S/C22H46/c1-16(17(2,3)4)22(15,19(8,9)10)21(13,14)20(11,12)18(5,6)7/h16H,1-15H3. The van der Waals surface area contributed by atoms with Crippen molar-refractivity contribution in [2.24, 2.45) is 38.4 Å². The van der Waals surface area contributed by atoms with Gasteiger partial charge in [-0.2, -0.15) is 0 Å². The number of rotatable bonds is 3. The molecule has 0 aliphatic rings. The van der Waals surface area contributed by atoms with E-state index in [0.717, 1.165) is 0 Å². The average molecular weight is 311 g/mol. The van der Waals surface area contributed by atoms with Crippen LogP contribution in [0, 0.1) is 38.4 Å². The molecule has 0 bridgehead atoms. The molecule has 0 aliphatic heterocycles. The van der Waals surface area contributed by atoms with Crippen LogP contribution in [-0.4, -0.2) is 0 Å². The highest BCUT2D eigenvalue weighted by molar-refractivity contribution is 5.09. The summed E-state index contributed by atoms with van der Waals surface area (Å²) in [6, 6.07) is 0. The Balaban J connectivity index is 6.49. The molecule has 0 amide bonds. The number of hydrogen-bond acceptors (Lipinski definition) is 0. The molecule has 0 saturated heterocycles. The maximum Gasteiger partial charge on any atom is -0.0190 e. The van der Waals surface area contributed by atoms with E-state index in [2.05, 4.69) is 104 Å². The first-order valence-electron chi connectivity index (χ1n) is 9.15. The summed E-state index contributed by atoms with van der Waals surface area (Å²) < 4.78 is 0. The fraction of sp³-hybridized carbons (Fsp3) is 1.00. The molecule has 0 rings (SSSR count). The van der Waals surface area contributed by atoms with Gasteiger partial charge in [0.25, 0.3) is 0 Å². The predicted octanol–water partition coefficient (Wildman–Crippen LogP) is 7.82. The molecule has 0 aromatic carbocycles. The highest BCUT2D eigenvalue weighted by Crippen LogP contribution is 2.68. The van der Waals surface area contributed by atoms with Crippen molar-refractivity contribution in [3.05, 3.63) is 0 Å². The van der Waals surface area contributed by atoms with Crippen molar-refractivity contribution >= 4 is 0 Å². The third kappa shape index (κ3) is 3.13. The largest absolute Gasteiger partial charge is 0.0614 e. The van der Waals surface area contributed by atoms with E-state index in [4.69, 9.17) is 0 Å². The van der Waals surface area contributed by atoms with Gasteiger partial charge < -0.3 is 0 Å². The Labute approximate surface area is 142 Å². The lowest BCUT2D eigenvalue weighted by molar-refractivity contribution is -0.185. The average Bonchev–Trinajstić information content (AvgIpc) is 2.21. The van der Waals surface area contributed by atoms with E-state index in [9.17, 15) is 0 Å². The first kappa shape index (κ1) is 22.0. The van der Waals surface area contributed by atoms with Gasteiger partial charge in [-0.05, 0) is 38.4 Å². The van der Waals surface area contributed by atoms with E-state index in [1.165, 1.54) is 0 Å². The van der Waals surface area contributed by atoms with Gasteiger partial charge in [-0.3, -0.25) is 0 Å². The second-order valence-corrected chi connectivity index (χ2v) is 12.0. The highest BCUT2D eigenvalue weighted by Gasteiger charge is 2.61. The summed E-state index contributed by atoms with van der Waals surface area (Å²) in [4.78, 5) is 0. The van der Waals surface area contributed by atoms with Crippen molar-refractivity contribution in [3.8, 4) is 0 Å². The molecule has 2 unspecified atom stereocenters. The first-order chi connectivity index (χ1) is 9.15. The van der Waals surface area contributed by atoms with Crippen LogP contribution in [0.4, 0.5) is 0 Å². The van der Waals surface area contributed by atoms with Crippen molar-refractivity contribution in [3.63, 3.8) is 0 Å². The Morgan fingerprint density at radius 1 is 0.455 bits per heavy atom. The minimum atomic E-state index is 0.198. The Morgan fingerprint density at radius 2 is 0.773 bits per heavy atom. The molecule has 0 fully saturated rings. The van der Waals surface area contributed by atoms with Crippen LogP contribution in [0.3, 0.4) is 0 Å².